The second-order valence-corrected chi connectivity index (χ2v) is 5.63. The lowest BCUT2D eigenvalue weighted by atomic mass is 10.00. The minimum atomic E-state index is -4.60. The van der Waals surface area contributed by atoms with E-state index in [4.69, 9.17) is 9.92 Å². The van der Waals surface area contributed by atoms with Gasteiger partial charge < -0.3 is 9.92 Å². The van der Waals surface area contributed by atoms with Gasteiger partial charge in [-0.3, -0.25) is 0 Å². The summed E-state index contributed by atoms with van der Waals surface area (Å²) >= 11 is -0.673. The van der Waals surface area contributed by atoms with Crippen molar-refractivity contribution in [2.24, 2.45) is 0 Å². The highest BCUT2D eigenvalue weighted by atomic mass is 32.2. The molecule has 0 bridgehead atoms. The monoisotopic (exact) mass is 354 g/mol. The Labute approximate surface area is 138 Å². The summed E-state index contributed by atoms with van der Waals surface area (Å²) in [5.41, 5.74) is 2.49. The number of hydrogen-bond donors (Lipinski definition) is 1. The molecule has 0 aliphatic carbocycles. The predicted molar refractivity (Wildman–Crippen MR) is 85.8 cm³/mol. The molecule has 3 nitrogen and oxygen atoms in total. The van der Waals surface area contributed by atoms with Gasteiger partial charge in [0.1, 0.15) is 5.82 Å². The number of rotatable bonds is 3. The van der Waals surface area contributed by atoms with Crippen LogP contribution in [0.4, 0.5) is 23.4 Å². The zero-order valence-corrected chi connectivity index (χ0v) is 12.8. The fourth-order valence-corrected chi connectivity index (χ4v) is 2.64. The number of hydrogen-bond acceptors (Lipinski definition) is 4. The molecule has 3 rings (SSSR count). The number of nitrogen functional groups attached to an aromatic ring is 1. The molecule has 24 heavy (non-hydrogen) atoms. The van der Waals surface area contributed by atoms with Crippen molar-refractivity contribution in [2.75, 3.05) is 5.73 Å². The number of aromatic nitrogens is 1. The van der Waals surface area contributed by atoms with Crippen LogP contribution in [0.2, 0.25) is 0 Å². The fourth-order valence-electron chi connectivity index (χ4n) is 2.29. The molecule has 1 heterocycles. The molecule has 0 amide bonds. The first-order chi connectivity index (χ1) is 11.3. The Morgan fingerprint density at radius 1 is 1.00 bits per heavy atom. The first-order valence-corrected chi connectivity index (χ1v) is 7.46. The molecule has 0 aliphatic heterocycles. The average Bonchev–Trinajstić information content (AvgIpc) is 2.52. The topological polar surface area (TPSA) is 48.1 Å². The smallest absolute Gasteiger partial charge is 0.412 e. The van der Waals surface area contributed by atoms with Crippen LogP contribution >= 0.6 is 12.0 Å². The van der Waals surface area contributed by atoms with Crippen LogP contribution in [-0.4, -0.2) is 10.5 Å². The summed E-state index contributed by atoms with van der Waals surface area (Å²) in [6.45, 7) is 0. The second-order valence-electron chi connectivity index (χ2n) is 4.84. The highest BCUT2D eigenvalue weighted by Crippen LogP contribution is 2.43. The zero-order valence-electron chi connectivity index (χ0n) is 12.0. The number of pyridine rings is 1. The minimum absolute atomic E-state index is 0.176. The summed E-state index contributed by atoms with van der Waals surface area (Å²) < 4.78 is 55.5. The van der Waals surface area contributed by atoms with Crippen molar-refractivity contribution in [1.29, 1.82) is 0 Å². The Hall–Kier alpha value is -2.48. The third-order valence-corrected chi connectivity index (χ3v) is 3.67. The van der Waals surface area contributed by atoms with Crippen LogP contribution < -0.4 is 9.92 Å². The van der Waals surface area contributed by atoms with Gasteiger partial charge in [0.2, 0.25) is 0 Å². The van der Waals surface area contributed by atoms with Crippen molar-refractivity contribution in [2.45, 2.75) is 5.51 Å². The van der Waals surface area contributed by atoms with Gasteiger partial charge in [-0.15, -0.1) is 0 Å². The standard InChI is InChI=1S/C16H10F4N2OS/c17-10-7-5-9(6-8-10)13-11-3-1-2-4-12(11)22-15(21)14(13)23-24-16(18,19)20/h1-8H,(H2,21,22). The summed E-state index contributed by atoms with van der Waals surface area (Å²) in [6.07, 6.45) is 0. The van der Waals surface area contributed by atoms with E-state index in [0.717, 1.165) is 0 Å². The largest absolute Gasteiger partial charge is 0.479 e. The van der Waals surface area contributed by atoms with E-state index in [2.05, 4.69) is 4.98 Å². The lowest BCUT2D eigenvalue weighted by Gasteiger charge is -2.15. The van der Waals surface area contributed by atoms with Crippen molar-refractivity contribution >= 4 is 28.8 Å². The summed E-state index contributed by atoms with van der Waals surface area (Å²) in [7, 11) is 0. The number of benzene rings is 2. The molecule has 8 heteroatoms. The third kappa shape index (κ3) is 3.38. The molecule has 2 N–H and O–H groups in total. The van der Waals surface area contributed by atoms with Gasteiger partial charge in [-0.25, -0.2) is 9.37 Å². The quantitative estimate of drug-likeness (QED) is 0.521. The summed E-state index contributed by atoms with van der Waals surface area (Å²) in [5, 5.41) is 0.552. The molecule has 0 fully saturated rings. The number of para-hydroxylation sites is 1. The minimum Gasteiger partial charge on any atom is -0.412 e. The van der Waals surface area contributed by atoms with Gasteiger partial charge in [0.15, 0.2) is 23.6 Å². The highest BCUT2D eigenvalue weighted by Gasteiger charge is 2.33. The van der Waals surface area contributed by atoms with Crippen LogP contribution in [-0.2, 0) is 0 Å². The zero-order chi connectivity index (χ0) is 17.3. The number of nitrogens with two attached hydrogens (primary N) is 1. The molecule has 0 saturated heterocycles. The van der Waals surface area contributed by atoms with Crippen LogP contribution in [0.3, 0.4) is 0 Å². The first kappa shape index (κ1) is 16.4. The Morgan fingerprint density at radius 3 is 2.33 bits per heavy atom. The maximum absolute atomic E-state index is 13.2. The van der Waals surface area contributed by atoms with E-state index in [1.807, 2.05) is 0 Å². The SMILES string of the molecule is Nc1nc2ccccc2c(-c2ccc(F)cc2)c1OSC(F)(F)F. The van der Waals surface area contributed by atoms with E-state index in [0.29, 0.717) is 22.0 Å². The predicted octanol–water partition coefficient (Wildman–Crippen LogP) is 5.17. The Morgan fingerprint density at radius 2 is 1.67 bits per heavy atom. The van der Waals surface area contributed by atoms with Crippen LogP contribution in [0.1, 0.15) is 0 Å². The summed E-state index contributed by atoms with van der Waals surface area (Å²) in [4.78, 5) is 4.08. The van der Waals surface area contributed by atoms with Crippen LogP contribution in [0.15, 0.2) is 48.5 Å². The maximum atomic E-state index is 13.2. The second kappa shape index (κ2) is 6.20. The maximum Gasteiger partial charge on any atom is 0.479 e. The lowest BCUT2D eigenvalue weighted by Crippen LogP contribution is -2.06. The molecule has 0 aliphatic rings. The van der Waals surface area contributed by atoms with Crippen molar-refractivity contribution in [1.82, 2.24) is 4.98 Å². The van der Waals surface area contributed by atoms with Gasteiger partial charge in [0.25, 0.3) is 0 Å². The van der Waals surface area contributed by atoms with Gasteiger partial charge in [0, 0.05) is 10.9 Å². The van der Waals surface area contributed by atoms with E-state index in [-0.39, 0.29) is 11.6 Å². The Bertz CT molecular complexity index is 882. The van der Waals surface area contributed by atoms with Gasteiger partial charge in [-0.2, -0.15) is 13.2 Å². The number of fused-ring (bicyclic) bond motifs is 1. The molecule has 0 saturated carbocycles. The first-order valence-electron chi connectivity index (χ1n) is 6.72. The van der Waals surface area contributed by atoms with Crippen LogP contribution in [0.25, 0.3) is 22.0 Å². The molecule has 1 aromatic heterocycles. The molecule has 0 spiro atoms. The number of alkyl halides is 3. The van der Waals surface area contributed by atoms with Crippen molar-refractivity contribution in [3.8, 4) is 16.9 Å². The molecule has 0 radical (unpaired) electrons. The van der Waals surface area contributed by atoms with Crippen molar-refractivity contribution < 1.29 is 21.7 Å². The van der Waals surface area contributed by atoms with Gasteiger partial charge in [-0.1, -0.05) is 30.3 Å². The Balaban J connectivity index is 2.23. The number of halogens is 4. The van der Waals surface area contributed by atoms with Crippen molar-refractivity contribution in [3.63, 3.8) is 0 Å². The van der Waals surface area contributed by atoms with E-state index in [1.165, 1.54) is 24.3 Å². The van der Waals surface area contributed by atoms with Gasteiger partial charge in [-0.05, 0) is 23.8 Å². The third-order valence-electron chi connectivity index (χ3n) is 3.23. The molecule has 3 aromatic rings. The van der Waals surface area contributed by atoms with E-state index >= 15 is 0 Å². The summed E-state index contributed by atoms with van der Waals surface area (Å²) in [6, 6.07) is 12.1. The number of nitrogens with zero attached hydrogens (tertiary/aromatic N) is 1. The highest BCUT2D eigenvalue weighted by molar-refractivity contribution is 7.95. The molecule has 2 aromatic carbocycles. The lowest BCUT2D eigenvalue weighted by molar-refractivity contribution is -0.0369. The van der Waals surface area contributed by atoms with Crippen molar-refractivity contribution in [3.05, 3.63) is 54.3 Å². The van der Waals surface area contributed by atoms with Gasteiger partial charge in [0.05, 0.1) is 5.52 Å². The van der Waals surface area contributed by atoms with Crippen LogP contribution in [0, 0.1) is 5.82 Å². The molecular formula is C16H10F4N2OS. The van der Waals surface area contributed by atoms with E-state index in [1.54, 1.807) is 24.3 Å². The van der Waals surface area contributed by atoms with Crippen LogP contribution in [0.5, 0.6) is 5.75 Å². The number of anilines is 1. The molecule has 0 unspecified atom stereocenters. The van der Waals surface area contributed by atoms with E-state index in [9.17, 15) is 17.6 Å². The summed E-state index contributed by atoms with van der Waals surface area (Å²) in [5.74, 6) is -0.843. The van der Waals surface area contributed by atoms with E-state index < -0.39 is 23.4 Å². The molecule has 124 valence electrons. The molecular weight excluding hydrogens is 344 g/mol. The van der Waals surface area contributed by atoms with Gasteiger partial charge >= 0.3 is 5.51 Å². The molecule has 0 atom stereocenters. The average molecular weight is 354 g/mol. The Kier molecular flexibility index (Phi) is 4.23. The normalized spacial score (nSPS) is 11.7. The fraction of sp³-hybridized carbons (Fsp3) is 0.0625.